The second-order valence-electron chi connectivity index (χ2n) is 8.15. The van der Waals surface area contributed by atoms with Gasteiger partial charge in [0.15, 0.2) is 5.84 Å². The molecule has 3 heterocycles. The molecule has 2 atom stereocenters. The summed E-state index contributed by atoms with van der Waals surface area (Å²) >= 11 is 0. The summed E-state index contributed by atoms with van der Waals surface area (Å²) in [5.74, 6) is 0.160. The summed E-state index contributed by atoms with van der Waals surface area (Å²) in [4.78, 5) is 29.6. The van der Waals surface area contributed by atoms with E-state index in [1.807, 2.05) is 11.8 Å². The van der Waals surface area contributed by atoms with Crippen molar-refractivity contribution in [3.63, 3.8) is 0 Å². The molecule has 3 aliphatic rings. The van der Waals surface area contributed by atoms with Gasteiger partial charge in [0, 0.05) is 31.7 Å². The van der Waals surface area contributed by atoms with Crippen molar-refractivity contribution >= 4 is 27.7 Å². The monoisotopic (exact) mass is 432 g/mol. The predicted octanol–water partition coefficient (Wildman–Crippen LogP) is 1.36. The number of carbonyl (C=O) groups is 2. The summed E-state index contributed by atoms with van der Waals surface area (Å²) in [6.07, 6.45) is 3.91. The fourth-order valence-corrected chi connectivity index (χ4v) is 5.78. The molecule has 8 nitrogen and oxygen atoms in total. The Bertz CT molecular complexity index is 975. The molecule has 30 heavy (non-hydrogen) atoms. The molecule has 1 N–H and O–H groups in total. The maximum Gasteiger partial charge on any atom is 0.285 e. The van der Waals surface area contributed by atoms with Crippen molar-refractivity contribution < 1.29 is 18.0 Å². The van der Waals surface area contributed by atoms with Gasteiger partial charge in [-0.3, -0.25) is 9.59 Å². The number of benzene rings is 1. The highest BCUT2D eigenvalue weighted by Gasteiger charge is 2.41. The molecule has 0 saturated carbocycles. The third kappa shape index (κ3) is 3.82. The standard InChI is InChI=1S/C21H28N4O4S/c1-2-11-22-20(26)15-7-5-12-24(14-15)21(27)17-9-6-13-25(17)19-16-8-3-4-10-18(16)30(28,29)23-19/h3-4,8,10,15,17H,2,5-7,9,11-14H2,1H3,(H,22,26)/t15?,17-/m0/s1. The van der Waals surface area contributed by atoms with Crippen LogP contribution in [0.2, 0.25) is 0 Å². The number of hydrogen-bond donors (Lipinski definition) is 1. The van der Waals surface area contributed by atoms with E-state index in [4.69, 9.17) is 0 Å². The molecule has 2 amide bonds. The third-order valence-electron chi connectivity index (χ3n) is 6.08. The summed E-state index contributed by atoms with van der Waals surface area (Å²) in [5.41, 5.74) is 0.563. The lowest BCUT2D eigenvalue weighted by atomic mass is 9.96. The van der Waals surface area contributed by atoms with E-state index in [0.29, 0.717) is 44.0 Å². The largest absolute Gasteiger partial charge is 0.356 e. The fourth-order valence-electron chi connectivity index (χ4n) is 4.57. The topological polar surface area (TPSA) is 99.2 Å². The summed E-state index contributed by atoms with van der Waals surface area (Å²) < 4.78 is 28.9. The summed E-state index contributed by atoms with van der Waals surface area (Å²) in [5, 5.41) is 2.93. The van der Waals surface area contributed by atoms with Gasteiger partial charge in [-0.25, -0.2) is 0 Å². The van der Waals surface area contributed by atoms with Crippen molar-refractivity contribution in [2.75, 3.05) is 26.2 Å². The van der Waals surface area contributed by atoms with Crippen molar-refractivity contribution in [2.24, 2.45) is 10.3 Å². The molecular formula is C21H28N4O4S. The van der Waals surface area contributed by atoms with Gasteiger partial charge in [0.25, 0.3) is 10.0 Å². The average Bonchev–Trinajstić information content (AvgIpc) is 3.34. The van der Waals surface area contributed by atoms with E-state index in [2.05, 4.69) is 9.71 Å². The van der Waals surface area contributed by atoms with Crippen LogP contribution < -0.4 is 5.32 Å². The minimum Gasteiger partial charge on any atom is -0.356 e. The predicted molar refractivity (Wildman–Crippen MR) is 112 cm³/mol. The molecule has 0 bridgehead atoms. The molecule has 0 aromatic heterocycles. The van der Waals surface area contributed by atoms with E-state index in [1.54, 1.807) is 29.2 Å². The molecule has 0 spiro atoms. The van der Waals surface area contributed by atoms with Crippen molar-refractivity contribution in [2.45, 2.75) is 50.0 Å². The third-order valence-corrected chi connectivity index (χ3v) is 7.40. The Balaban J connectivity index is 1.52. The normalized spacial score (nSPS) is 25.0. The lowest BCUT2D eigenvalue weighted by Crippen LogP contribution is -2.52. The van der Waals surface area contributed by atoms with E-state index in [9.17, 15) is 18.0 Å². The minimum absolute atomic E-state index is 0.0119. The van der Waals surface area contributed by atoms with Crippen molar-refractivity contribution in [1.29, 1.82) is 0 Å². The van der Waals surface area contributed by atoms with Gasteiger partial charge in [-0.1, -0.05) is 19.1 Å². The van der Waals surface area contributed by atoms with E-state index >= 15 is 0 Å². The van der Waals surface area contributed by atoms with Crippen LogP contribution in [-0.2, 0) is 19.6 Å². The van der Waals surface area contributed by atoms with Gasteiger partial charge in [-0.05, 0) is 44.2 Å². The second kappa shape index (κ2) is 8.37. The minimum atomic E-state index is -3.73. The number of sulfonamides is 1. The highest BCUT2D eigenvalue weighted by atomic mass is 32.2. The van der Waals surface area contributed by atoms with Gasteiger partial charge in [0.2, 0.25) is 11.8 Å². The van der Waals surface area contributed by atoms with Crippen molar-refractivity contribution in [3.05, 3.63) is 29.8 Å². The Morgan fingerprint density at radius 3 is 2.73 bits per heavy atom. The molecule has 4 rings (SSSR count). The smallest absolute Gasteiger partial charge is 0.285 e. The van der Waals surface area contributed by atoms with Gasteiger partial charge in [-0.2, -0.15) is 8.42 Å². The van der Waals surface area contributed by atoms with Gasteiger partial charge in [-0.15, -0.1) is 4.40 Å². The Kier molecular flexibility index (Phi) is 5.81. The summed E-state index contributed by atoms with van der Waals surface area (Å²) in [6, 6.07) is 6.32. The van der Waals surface area contributed by atoms with E-state index < -0.39 is 16.1 Å². The van der Waals surface area contributed by atoms with E-state index in [-0.39, 0.29) is 22.6 Å². The van der Waals surface area contributed by atoms with Gasteiger partial charge < -0.3 is 15.1 Å². The molecule has 0 radical (unpaired) electrons. The first kappa shape index (κ1) is 20.8. The number of hydrogen-bond acceptors (Lipinski definition) is 5. The lowest BCUT2D eigenvalue weighted by Gasteiger charge is -2.36. The van der Waals surface area contributed by atoms with E-state index in [0.717, 1.165) is 25.7 Å². The highest BCUT2D eigenvalue weighted by molar-refractivity contribution is 7.90. The van der Waals surface area contributed by atoms with E-state index in [1.165, 1.54) is 0 Å². The zero-order valence-electron chi connectivity index (χ0n) is 17.2. The summed E-state index contributed by atoms with van der Waals surface area (Å²) in [6.45, 7) is 4.29. The van der Waals surface area contributed by atoms with Crippen molar-refractivity contribution in [1.82, 2.24) is 15.1 Å². The number of nitrogens with one attached hydrogen (secondary N) is 1. The molecule has 162 valence electrons. The average molecular weight is 433 g/mol. The zero-order chi connectivity index (χ0) is 21.3. The molecule has 1 aromatic rings. The van der Waals surface area contributed by atoms with Crippen LogP contribution in [0.1, 0.15) is 44.6 Å². The number of amides is 2. The van der Waals surface area contributed by atoms with Gasteiger partial charge in [0.05, 0.1) is 5.92 Å². The Labute approximate surface area is 177 Å². The zero-order valence-corrected chi connectivity index (χ0v) is 18.0. The Morgan fingerprint density at radius 1 is 1.17 bits per heavy atom. The lowest BCUT2D eigenvalue weighted by molar-refractivity contribution is -0.138. The molecule has 3 aliphatic heterocycles. The molecule has 1 aromatic carbocycles. The molecular weight excluding hydrogens is 404 g/mol. The number of carbonyl (C=O) groups excluding carboxylic acids is 2. The van der Waals surface area contributed by atoms with Gasteiger partial charge in [0.1, 0.15) is 10.9 Å². The fraction of sp³-hybridized carbons (Fsp3) is 0.571. The molecule has 2 fully saturated rings. The van der Waals surface area contributed by atoms with Crippen LogP contribution in [0.4, 0.5) is 0 Å². The Hall–Kier alpha value is -2.42. The number of fused-ring (bicyclic) bond motifs is 1. The summed E-state index contributed by atoms with van der Waals surface area (Å²) in [7, 11) is -3.73. The molecule has 2 saturated heterocycles. The van der Waals surface area contributed by atoms with Crippen LogP contribution in [0.15, 0.2) is 33.6 Å². The molecule has 1 unspecified atom stereocenters. The SMILES string of the molecule is CCCNC(=O)C1CCCN(C(=O)[C@@H]2CCCN2C2=NS(=O)(=O)c3ccccc32)C1. The van der Waals surface area contributed by atoms with Crippen LogP contribution in [0.5, 0.6) is 0 Å². The van der Waals surface area contributed by atoms with Crippen LogP contribution in [0.25, 0.3) is 0 Å². The molecule has 9 heteroatoms. The second-order valence-corrected chi connectivity index (χ2v) is 9.72. The number of rotatable bonds is 4. The van der Waals surface area contributed by atoms with Crippen LogP contribution >= 0.6 is 0 Å². The number of likely N-dealkylation sites (tertiary alicyclic amines) is 2. The van der Waals surface area contributed by atoms with Crippen LogP contribution in [0.3, 0.4) is 0 Å². The first-order chi connectivity index (χ1) is 14.4. The molecule has 0 aliphatic carbocycles. The number of piperidine rings is 1. The van der Waals surface area contributed by atoms with Crippen molar-refractivity contribution in [3.8, 4) is 0 Å². The first-order valence-corrected chi connectivity index (χ1v) is 12.1. The highest BCUT2D eigenvalue weighted by Crippen LogP contribution is 2.32. The van der Waals surface area contributed by atoms with Crippen LogP contribution in [0, 0.1) is 5.92 Å². The maximum absolute atomic E-state index is 13.4. The Morgan fingerprint density at radius 2 is 1.93 bits per heavy atom. The first-order valence-electron chi connectivity index (χ1n) is 10.7. The number of amidine groups is 1. The maximum atomic E-state index is 13.4. The van der Waals surface area contributed by atoms with Crippen LogP contribution in [-0.4, -0.2) is 68.1 Å². The van der Waals surface area contributed by atoms with Gasteiger partial charge >= 0.3 is 0 Å². The number of nitrogens with zero attached hydrogens (tertiary/aromatic N) is 3. The quantitative estimate of drug-likeness (QED) is 0.775.